The average molecular weight is 385 g/mol. The van der Waals surface area contributed by atoms with E-state index in [2.05, 4.69) is 10.6 Å². The van der Waals surface area contributed by atoms with Gasteiger partial charge in [-0.15, -0.1) is 11.8 Å². The van der Waals surface area contributed by atoms with Crippen LogP contribution in [-0.4, -0.2) is 34.5 Å². The van der Waals surface area contributed by atoms with Gasteiger partial charge in [-0.3, -0.25) is 9.59 Å². The van der Waals surface area contributed by atoms with Gasteiger partial charge in [0.2, 0.25) is 11.8 Å². The molecule has 1 atom stereocenters. The van der Waals surface area contributed by atoms with Crippen LogP contribution in [0.15, 0.2) is 48.5 Å². The number of nitrogens with one attached hydrogen (secondary N) is 2. The number of hydrogen-bond acceptors (Lipinski definition) is 4. The molecular weight excluding hydrogens is 360 g/mol. The number of aryl methyl sites for hydroxylation is 1. The minimum atomic E-state index is -0.136. The first-order valence-corrected chi connectivity index (χ1v) is 10.2. The van der Waals surface area contributed by atoms with Crippen molar-refractivity contribution in [2.75, 3.05) is 23.0 Å². The second-order valence-corrected chi connectivity index (χ2v) is 7.82. The molecule has 0 bridgehead atoms. The second-order valence-electron chi connectivity index (χ2n) is 6.51. The van der Waals surface area contributed by atoms with E-state index in [-0.39, 0.29) is 23.7 Å². The zero-order chi connectivity index (χ0) is 19.1. The van der Waals surface area contributed by atoms with Crippen molar-refractivity contribution >= 4 is 35.0 Å². The molecule has 0 aliphatic carbocycles. The number of amides is 2. The van der Waals surface area contributed by atoms with E-state index >= 15 is 0 Å². The molecule has 1 aliphatic rings. The maximum absolute atomic E-state index is 12.4. The molecule has 2 aromatic carbocycles. The molecule has 5 nitrogen and oxygen atoms in total. The molecule has 0 radical (unpaired) electrons. The summed E-state index contributed by atoms with van der Waals surface area (Å²) in [5.41, 5.74) is 3.84. The lowest BCUT2D eigenvalue weighted by molar-refractivity contribution is -0.116. The lowest BCUT2D eigenvalue weighted by atomic mass is 10.1. The van der Waals surface area contributed by atoms with E-state index in [0.29, 0.717) is 18.6 Å². The van der Waals surface area contributed by atoms with Crippen LogP contribution in [0.2, 0.25) is 0 Å². The number of anilines is 2. The lowest BCUT2D eigenvalue weighted by Gasteiger charge is -2.12. The van der Waals surface area contributed by atoms with Crippen LogP contribution < -0.4 is 10.6 Å². The molecule has 0 saturated heterocycles. The Morgan fingerprint density at radius 1 is 1.19 bits per heavy atom. The van der Waals surface area contributed by atoms with Crippen LogP contribution in [0.1, 0.15) is 24.0 Å². The maximum atomic E-state index is 12.4. The molecule has 0 saturated carbocycles. The van der Waals surface area contributed by atoms with Gasteiger partial charge in [0, 0.05) is 30.2 Å². The normalized spacial score (nSPS) is 16.2. The van der Waals surface area contributed by atoms with Gasteiger partial charge in [-0.25, -0.2) is 0 Å². The first-order valence-electron chi connectivity index (χ1n) is 9.16. The average Bonchev–Trinajstić information content (AvgIpc) is 2.82. The van der Waals surface area contributed by atoms with Crippen molar-refractivity contribution in [1.29, 1.82) is 0 Å². The summed E-state index contributed by atoms with van der Waals surface area (Å²) in [6.07, 6.45) is 2.61. The molecule has 3 rings (SSSR count). The van der Waals surface area contributed by atoms with E-state index < -0.39 is 0 Å². The number of rotatable bonds is 7. The number of carbonyl (C=O) groups excluding carboxylic acids is 2. The highest BCUT2D eigenvalue weighted by atomic mass is 32.2. The van der Waals surface area contributed by atoms with Crippen LogP contribution in [0.4, 0.5) is 11.4 Å². The summed E-state index contributed by atoms with van der Waals surface area (Å²) in [5, 5.41) is 14.6. The van der Waals surface area contributed by atoms with Gasteiger partial charge < -0.3 is 15.7 Å². The Balaban J connectivity index is 1.44. The van der Waals surface area contributed by atoms with E-state index in [1.807, 2.05) is 48.5 Å². The van der Waals surface area contributed by atoms with Crippen LogP contribution in [0.25, 0.3) is 0 Å². The minimum Gasteiger partial charge on any atom is -0.396 e. The highest BCUT2D eigenvalue weighted by molar-refractivity contribution is 8.00. The third-order valence-electron chi connectivity index (χ3n) is 4.53. The number of para-hydroxylation sites is 1. The van der Waals surface area contributed by atoms with Crippen molar-refractivity contribution in [3.63, 3.8) is 0 Å². The van der Waals surface area contributed by atoms with Gasteiger partial charge >= 0.3 is 0 Å². The molecular formula is C21H24N2O3S. The Bertz CT molecular complexity index is 792. The monoisotopic (exact) mass is 384 g/mol. The van der Waals surface area contributed by atoms with E-state index in [1.165, 1.54) is 11.8 Å². The molecule has 1 aliphatic heterocycles. The Morgan fingerprint density at radius 3 is 2.74 bits per heavy atom. The van der Waals surface area contributed by atoms with E-state index in [9.17, 15) is 9.59 Å². The van der Waals surface area contributed by atoms with Crippen LogP contribution in [0.3, 0.4) is 0 Å². The number of aliphatic hydroxyl groups is 1. The summed E-state index contributed by atoms with van der Waals surface area (Å²) >= 11 is 1.54. The Hall–Kier alpha value is -2.31. The lowest BCUT2D eigenvalue weighted by Crippen LogP contribution is -2.24. The van der Waals surface area contributed by atoms with Crippen molar-refractivity contribution < 1.29 is 14.7 Å². The zero-order valence-electron chi connectivity index (χ0n) is 15.1. The van der Waals surface area contributed by atoms with Gasteiger partial charge in [0.25, 0.3) is 0 Å². The van der Waals surface area contributed by atoms with Gasteiger partial charge in [-0.1, -0.05) is 30.3 Å². The van der Waals surface area contributed by atoms with E-state index in [1.54, 1.807) is 0 Å². The van der Waals surface area contributed by atoms with Crippen LogP contribution in [0, 0.1) is 0 Å². The minimum absolute atomic E-state index is 0.0184. The van der Waals surface area contributed by atoms with Gasteiger partial charge in [0.15, 0.2) is 0 Å². The van der Waals surface area contributed by atoms with Crippen molar-refractivity contribution in [3.8, 4) is 0 Å². The number of fused-ring (bicyclic) bond motifs is 1. The Labute approximate surface area is 163 Å². The number of thioether (sulfide) groups is 1. The largest absolute Gasteiger partial charge is 0.396 e. The van der Waals surface area contributed by atoms with Crippen LogP contribution in [0.5, 0.6) is 0 Å². The molecule has 0 unspecified atom stereocenters. The third kappa shape index (κ3) is 5.58. The molecule has 6 heteroatoms. The van der Waals surface area contributed by atoms with E-state index in [4.69, 9.17) is 5.11 Å². The molecule has 0 fully saturated rings. The van der Waals surface area contributed by atoms with Crippen LogP contribution in [-0.2, 0) is 22.4 Å². The topological polar surface area (TPSA) is 78.4 Å². The summed E-state index contributed by atoms with van der Waals surface area (Å²) in [6.45, 7) is 0.114. The standard InChI is InChI=1S/C21H24N2O3S/c24-13-11-15-5-8-17(9-6-15)22-20(25)12-14-27-19-10-7-16-3-1-2-4-18(16)23-21(19)26/h1-6,8-9,19,24H,7,10-14H2,(H,22,25)(H,23,26)/t19-/m0/s1. The highest BCUT2D eigenvalue weighted by Crippen LogP contribution is 2.27. The number of carbonyl (C=O) groups is 2. The molecule has 2 amide bonds. The summed E-state index contributed by atoms with van der Waals surface area (Å²) in [7, 11) is 0. The highest BCUT2D eigenvalue weighted by Gasteiger charge is 2.23. The molecule has 0 aromatic heterocycles. The Morgan fingerprint density at radius 2 is 1.96 bits per heavy atom. The van der Waals surface area contributed by atoms with Gasteiger partial charge in [-0.2, -0.15) is 0 Å². The fourth-order valence-corrected chi connectivity index (χ4v) is 4.13. The fourth-order valence-electron chi connectivity index (χ4n) is 3.05. The molecule has 142 valence electrons. The third-order valence-corrected chi connectivity index (χ3v) is 5.82. The molecule has 27 heavy (non-hydrogen) atoms. The number of aliphatic hydroxyl groups excluding tert-OH is 1. The van der Waals surface area contributed by atoms with E-state index in [0.717, 1.165) is 35.3 Å². The van der Waals surface area contributed by atoms with Gasteiger partial charge in [0.1, 0.15) is 0 Å². The first-order chi connectivity index (χ1) is 13.2. The fraction of sp³-hybridized carbons (Fsp3) is 0.333. The summed E-state index contributed by atoms with van der Waals surface area (Å²) in [5.74, 6) is 0.558. The molecule has 0 spiro atoms. The smallest absolute Gasteiger partial charge is 0.237 e. The summed E-state index contributed by atoms with van der Waals surface area (Å²) < 4.78 is 0. The SMILES string of the molecule is O=C(CCS[C@H]1CCc2ccccc2NC1=O)Nc1ccc(CCO)cc1. The Kier molecular flexibility index (Phi) is 6.90. The van der Waals surface area contributed by atoms with Crippen molar-refractivity contribution in [3.05, 3.63) is 59.7 Å². The molecule has 3 N–H and O–H groups in total. The molecule has 2 aromatic rings. The zero-order valence-corrected chi connectivity index (χ0v) is 15.9. The predicted octanol–water partition coefficient (Wildman–Crippen LogP) is 3.24. The van der Waals surface area contributed by atoms with Crippen molar-refractivity contribution in [2.24, 2.45) is 0 Å². The second kappa shape index (κ2) is 9.58. The quantitative estimate of drug-likeness (QED) is 0.685. The maximum Gasteiger partial charge on any atom is 0.237 e. The summed E-state index contributed by atoms with van der Waals surface area (Å²) in [4.78, 5) is 24.5. The predicted molar refractivity (Wildman–Crippen MR) is 110 cm³/mol. The van der Waals surface area contributed by atoms with Crippen LogP contribution >= 0.6 is 11.8 Å². The van der Waals surface area contributed by atoms with Crippen molar-refractivity contribution in [2.45, 2.75) is 30.9 Å². The van der Waals surface area contributed by atoms with Crippen molar-refractivity contribution in [1.82, 2.24) is 0 Å². The first kappa shape index (κ1) is 19.5. The molecule has 1 heterocycles. The summed E-state index contributed by atoms with van der Waals surface area (Å²) in [6, 6.07) is 15.4. The van der Waals surface area contributed by atoms with Gasteiger partial charge in [-0.05, 0) is 48.6 Å². The number of hydrogen-bond donors (Lipinski definition) is 3. The van der Waals surface area contributed by atoms with Gasteiger partial charge in [0.05, 0.1) is 5.25 Å². The number of benzene rings is 2.